The minimum Gasteiger partial charge on any atom is -0.503 e. The van der Waals surface area contributed by atoms with Crippen molar-refractivity contribution in [3.05, 3.63) is 53.9 Å². The van der Waals surface area contributed by atoms with Gasteiger partial charge in [0.05, 0.1) is 26.4 Å². The Kier molecular flexibility index (Phi) is 9.86. The number of benzene rings is 1. The SMILES string of the molecule is COCCO[C@@H]1[C@@H](Cc2ccccc2)CCC[C@H](NC(=O)c2nccc(OC)c2O)C(=O)O[C@H]1C. The molecule has 3 rings (SSSR count). The average molecular weight is 487 g/mol. The Morgan fingerprint density at radius 3 is 2.66 bits per heavy atom. The van der Waals surface area contributed by atoms with E-state index in [9.17, 15) is 14.7 Å². The monoisotopic (exact) mass is 486 g/mol. The third-order valence-electron chi connectivity index (χ3n) is 6.15. The van der Waals surface area contributed by atoms with Crippen molar-refractivity contribution in [2.45, 2.75) is 50.9 Å². The van der Waals surface area contributed by atoms with Gasteiger partial charge in [-0.05, 0) is 37.7 Å². The fraction of sp³-hybridized carbons (Fsp3) is 0.500. The van der Waals surface area contributed by atoms with Gasteiger partial charge in [-0.3, -0.25) is 4.79 Å². The van der Waals surface area contributed by atoms with E-state index in [1.54, 1.807) is 7.11 Å². The number of hydrogen-bond donors (Lipinski definition) is 2. The van der Waals surface area contributed by atoms with E-state index in [0.29, 0.717) is 26.1 Å². The Balaban J connectivity index is 1.76. The number of pyridine rings is 1. The topological polar surface area (TPSA) is 116 Å². The van der Waals surface area contributed by atoms with Crippen molar-refractivity contribution in [2.75, 3.05) is 27.4 Å². The second-order valence-corrected chi connectivity index (χ2v) is 8.59. The van der Waals surface area contributed by atoms with Crippen LogP contribution in [0.2, 0.25) is 0 Å². The molecule has 35 heavy (non-hydrogen) atoms. The van der Waals surface area contributed by atoms with Crippen LogP contribution < -0.4 is 10.1 Å². The van der Waals surface area contributed by atoms with Gasteiger partial charge in [0.25, 0.3) is 5.91 Å². The number of rotatable bonds is 9. The zero-order valence-electron chi connectivity index (χ0n) is 20.4. The predicted molar refractivity (Wildman–Crippen MR) is 128 cm³/mol. The van der Waals surface area contributed by atoms with Crippen molar-refractivity contribution < 1.29 is 33.6 Å². The molecule has 1 aromatic heterocycles. The molecular weight excluding hydrogens is 452 g/mol. The molecule has 4 atom stereocenters. The van der Waals surface area contributed by atoms with Gasteiger partial charge >= 0.3 is 5.97 Å². The van der Waals surface area contributed by atoms with E-state index in [-0.39, 0.29) is 29.2 Å². The number of nitrogens with zero attached hydrogens (tertiary/aromatic N) is 1. The molecule has 1 aliphatic heterocycles. The molecule has 190 valence electrons. The number of aromatic hydroxyl groups is 1. The predicted octanol–water partition coefficient (Wildman–Crippen LogP) is 2.90. The van der Waals surface area contributed by atoms with Gasteiger partial charge in [-0.25, -0.2) is 9.78 Å². The number of cyclic esters (lactones) is 1. The normalized spacial score (nSPS) is 22.9. The Labute approximate surface area is 205 Å². The van der Waals surface area contributed by atoms with Crippen molar-refractivity contribution in [1.29, 1.82) is 0 Å². The number of carbonyl (C=O) groups is 2. The lowest BCUT2D eigenvalue weighted by Crippen LogP contribution is -2.44. The molecule has 2 N–H and O–H groups in total. The quantitative estimate of drug-likeness (QED) is 0.411. The Morgan fingerprint density at radius 2 is 1.94 bits per heavy atom. The van der Waals surface area contributed by atoms with Gasteiger partial charge in [-0.2, -0.15) is 0 Å². The van der Waals surface area contributed by atoms with Crippen LogP contribution in [0.1, 0.15) is 42.2 Å². The second kappa shape index (κ2) is 13.1. The van der Waals surface area contributed by atoms with Crippen molar-refractivity contribution in [3.63, 3.8) is 0 Å². The van der Waals surface area contributed by atoms with Gasteiger partial charge in [0.1, 0.15) is 12.1 Å². The first-order valence-electron chi connectivity index (χ1n) is 11.8. The molecule has 1 saturated heterocycles. The van der Waals surface area contributed by atoms with Crippen molar-refractivity contribution in [2.24, 2.45) is 5.92 Å². The second-order valence-electron chi connectivity index (χ2n) is 8.59. The van der Waals surface area contributed by atoms with Crippen LogP contribution in [-0.2, 0) is 25.4 Å². The fourth-order valence-corrected chi connectivity index (χ4v) is 4.38. The van der Waals surface area contributed by atoms with E-state index in [1.807, 2.05) is 25.1 Å². The largest absolute Gasteiger partial charge is 0.503 e. The first-order valence-corrected chi connectivity index (χ1v) is 11.8. The zero-order chi connectivity index (χ0) is 25.2. The number of esters is 1. The Bertz CT molecular complexity index is 969. The lowest BCUT2D eigenvalue weighted by molar-refractivity contribution is -0.161. The first kappa shape index (κ1) is 26.4. The van der Waals surface area contributed by atoms with E-state index < -0.39 is 24.0 Å². The van der Waals surface area contributed by atoms with Crippen LogP contribution in [0.15, 0.2) is 42.6 Å². The van der Waals surface area contributed by atoms with E-state index in [0.717, 1.165) is 12.8 Å². The third kappa shape index (κ3) is 7.16. The minimum atomic E-state index is -0.882. The maximum Gasteiger partial charge on any atom is 0.329 e. The molecule has 9 heteroatoms. The van der Waals surface area contributed by atoms with Crippen LogP contribution in [0.4, 0.5) is 0 Å². The maximum atomic E-state index is 13.0. The first-order chi connectivity index (χ1) is 16.9. The van der Waals surface area contributed by atoms with Crippen molar-refractivity contribution >= 4 is 11.9 Å². The van der Waals surface area contributed by atoms with E-state index in [4.69, 9.17) is 18.9 Å². The molecule has 0 radical (unpaired) electrons. The Hall–Kier alpha value is -3.17. The van der Waals surface area contributed by atoms with Gasteiger partial charge in [0.2, 0.25) is 0 Å². The lowest BCUT2D eigenvalue weighted by atomic mass is 9.87. The van der Waals surface area contributed by atoms with Gasteiger partial charge in [-0.1, -0.05) is 36.8 Å². The zero-order valence-corrected chi connectivity index (χ0v) is 20.4. The van der Waals surface area contributed by atoms with Gasteiger partial charge in [-0.15, -0.1) is 0 Å². The minimum absolute atomic E-state index is 0.107. The number of methoxy groups -OCH3 is 2. The smallest absolute Gasteiger partial charge is 0.329 e. The third-order valence-corrected chi connectivity index (χ3v) is 6.15. The number of amides is 1. The molecule has 2 aromatic rings. The molecule has 0 unspecified atom stereocenters. The van der Waals surface area contributed by atoms with E-state index in [2.05, 4.69) is 22.4 Å². The highest BCUT2D eigenvalue weighted by Gasteiger charge is 2.35. The summed E-state index contributed by atoms with van der Waals surface area (Å²) in [6.45, 7) is 2.63. The molecule has 0 bridgehead atoms. The van der Waals surface area contributed by atoms with Gasteiger partial charge < -0.3 is 29.4 Å². The van der Waals surface area contributed by atoms with Crippen LogP contribution in [0.3, 0.4) is 0 Å². The number of aromatic nitrogens is 1. The molecule has 1 aliphatic rings. The van der Waals surface area contributed by atoms with Crippen molar-refractivity contribution in [3.8, 4) is 11.5 Å². The van der Waals surface area contributed by atoms with Crippen LogP contribution >= 0.6 is 0 Å². The Morgan fingerprint density at radius 1 is 1.17 bits per heavy atom. The van der Waals surface area contributed by atoms with E-state index >= 15 is 0 Å². The standard InChI is InChI=1S/C26H34N2O7/c1-17-24(34-15-14-32-2)19(16-18-8-5-4-6-9-18)10-7-11-20(26(31)35-17)28-25(30)22-23(29)21(33-3)12-13-27-22/h4-6,8-9,12-13,17,19-20,24,29H,7,10-11,14-16H2,1-3H3,(H,28,30)/t17-,19+,20-,24-/m0/s1. The van der Waals surface area contributed by atoms with Gasteiger partial charge in [0.15, 0.2) is 17.2 Å². The molecule has 0 aliphatic carbocycles. The summed E-state index contributed by atoms with van der Waals surface area (Å²) >= 11 is 0. The summed E-state index contributed by atoms with van der Waals surface area (Å²) in [4.78, 5) is 29.8. The summed E-state index contributed by atoms with van der Waals surface area (Å²) < 4.78 is 22.1. The number of nitrogens with one attached hydrogen (secondary N) is 1. The highest BCUT2D eigenvalue weighted by molar-refractivity contribution is 5.97. The average Bonchev–Trinajstić information content (AvgIpc) is 2.90. The number of hydrogen-bond acceptors (Lipinski definition) is 8. The number of carbonyl (C=O) groups excluding carboxylic acids is 2. The molecule has 0 saturated carbocycles. The summed E-state index contributed by atoms with van der Waals surface area (Å²) in [5.41, 5.74) is 0.966. The molecule has 1 aromatic carbocycles. The summed E-state index contributed by atoms with van der Waals surface area (Å²) in [5, 5.41) is 12.9. The molecule has 0 spiro atoms. The van der Waals surface area contributed by atoms with Crippen LogP contribution in [0, 0.1) is 5.92 Å². The molecule has 9 nitrogen and oxygen atoms in total. The fourth-order valence-electron chi connectivity index (χ4n) is 4.38. The van der Waals surface area contributed by atoms with Gasteiger partial charge in [0, 0.05) is 19.4 Å². The molecular formula is C26H34N2O7. The summed E-state index contributed by atoms with van der Waals surface area (Å²) in [5.74, 6) is -1.38. The lowest BCUT2D eigenvalue weighted by Gasteiger charge is -2.31. The maximum absolute atomic E-state index is 13.0. The van der Waals surface area contributed by atoms with Crippen molar-refractivity contribution in [1.82, 2.24) is 10.3 Å². The summed E-state index contributed by atoms with van der Waals surface area (Å²) in [7, 11) is 2.99. The highest BCUT2D eigenvalue weighted by Crippen LogP contribution is 2.29. The van der Waals surface area contributed by atoms with Crippen LogP contribution in [0.5, 0.6) is 11.5 Å². The highest BCUT2D eigenvalue weighted by atomic mass is 16.6. The molecule has 1 fully saturated rings. The van der Waals surface area contributed by atoms with E-state index in [1.165, 1.54) is 24.9 Å². The van der Waals surface area contributed by atoms with Crippen LogP contribution in [0.25, 0.3) is 0 Å². The molecule has 1 amide bonds. The molecule has 2 heterocycles. The summed E-state index contributed by atoms with van der Waals surface area (Å²) in [6, 6.07) is 10.7. The summed E-state index contributed by atoms with van der Waals surface area (Å²) in [6.07, 6.45) is 3.11. The number of ether oxygens (including phenoxy) is 4. The van der Waals surface area contributed by atoms with Crippen LogP contribution in [-0.4, -0.2) is 67.7 Å².